The molecule has 2 amide bonds. The average Bonchev–Trinajstić information content (AvgIpc) is 2.78. The van der Waals surface area contributed by atoms with Gasteiger partial charge in [-0.15, -0.1) is 0 Å². The van der Waals surface area contributed by atoms with Crippen molar-refractivity contribution in [1.29, 1.82) is 0 Å². The van der Waals surface area contributed by atoms with Crippen LogP contribution in [-0.4, -0.2) is 48.9 Å². The Morgan fingerprint density at radius 1 is 1.33 bits per heavy atom. The quantitative estimate of drug-likeness (QED) is 0.357. The molecule has 1 aromatic carbocycles. The largest absolute Gasteiger partial charge is 0.493 e. The van der Waals surface area contributed by atoms with Gasteiger partial charge in [0.15, 0.2) is 0 Å². The van der Waals surface area contributed by atoms with Crippen LogP contribution < -0.4 is 14.8 Å². The summed E-state index contributed by atoms with van der Waals surface area (Å²) in [5.41, 5.74) is 2.02. The molecule has 1 atom stereocenters. The normalized spacial score (nSPS) is 18.8. The Morgan fingerprint density at radius 3 is 2.87 bits per heavy atom. The topological polar surface area (TPSA) is 71.0 Å². The molecule has 6 nitrogen and oxygen atoms in total. The van der Waals surface area contributed by atoms with E-state index in [0.717, 1.165) is 35.7 Å². The van der Waals surface area contributed by atoms with Crippen LogP contribution in [0, 0.1) is 5.92 Å². The van der Waals surface area contributed by atoms with E-state index in [9.17, 15) is 9.90 Å². The van der Waals surface area contributed by atoms with Crippen molar-refractivity contribution in [2.45, 2.75) is 49.4 Å². The maximum Gasteiger partial charge on any atom is 0.317 e. The molecule has 0 bridgehead atoms. The van der Waals surface area contributed by atoms with Crippen molar-refractivity contribution in [2.75, 3.05) is 32.8 Å². The first kappa shape index (κ1) is 23.2. The molecule has 0 spiro atoms. The minimum absolute atomic E-state index is 0.0362. The molecule has 0 radical (unpaired) electrons. The molecule has 1 saturated carbocycles. The number of carbonyl (C=O) groups excluding carboxylic acids is 1. The Bertz CT molecular complexity index is 734. The lowest BCUT2D eigenvalue weighted by Gasteiger charge is -2.30. The van der Waals surface area contributed by atoms with Crippen LogP contribution in [0.2, 0.25) is 0 Å². The van der Waals surface area contributed by atoms with Gasteiger partial charge in [-0.2, -0.15) is 0 Å². The Balaban J connectivity index is 1.70. The van der Waals surface area contributed by atoms with Crippen LogP contribution in [0.15, 0.2) is 30.0 Å². The number of nitrogens with zero attached hydrogens (tertiary/aromatic N) is 1. The third-order valence-corrected chi connectivity index (χ3v) is 7.12. The highest BCUT2D eigenvalue weighted by Crippen LogP contribution is 2.46. The molecular weight excluding hydrogens is 495 g/mol. The predicted molar refractivity (Wildman–Crippen MR) is 126 cm³/mol. The van der Waals surface area contributed by atoms with E-state index in [-0.39, 0.29) is 23.1 Å². The highest BCUT2D eigenvalue weighted by molar-refractivity contribution is 14.1. The molecular formula is C23H33IN2O4. The van der Waals surface area contributed by atoms with Gasteiger partial charge in [-0.05, 0) is 37.3 Å². The van der Waals surface area contributed by atoms with Gasteiger partial charge in [0, 0.05) is 25.2 Å². The van der Waals surface area contributed by atoms with Crippen LogP contribution in [0.3, 0.4) is 0 Å². The minimum atomic E-state index is -0.164. The van der Waals surface area contributed by atoms with E-state index in [4.69, 9.17) is 9.47 Å². The number of rotatable bonds is 9. The summed E-state index contributed by atoms with van der Waals surface area (Å²) in [4.78, 5) is 14.1. The van der Waals surface area contributed by atoms with Crippen LogP contribution in [0.5, 0.6) is 11.5 Å². The number of hydrogen-bond donors (Lipinski definition) is 2. The van der Waals surface area contributed by atoms with Crippen molar-refractivity contribution in [3.8, 4) is 11.5 Å². The summed E-state index contributed by atoms with van der Waals surface area (Å²) in [7, 11) is 0. The number of benzene rings is 1. The first-order valence-electron chi connectivity index (χ1n) is 11.0. The second-order valence-corrected chi connectivity index (χ2v) is 9.28. The Kier molecular flexibility index (Phi) is 9.11. The molecule has 0 aromatic heterocycles. The number of aliphatic hydroxyl groups is 1. The number of halogens is 1. The average molecular weight is 528 g/mol. The molecule has 0 saturated heterocycles. The van der Waals surface area contributed by atoms with Crippen LogP contribution >= 0.6 is 22.6 Å². The molecule has 3 rings (SSSR count). The van der Waals surface area contributed by atoms with Gasteiger partial charge >= 0.3 is 6.03 Å². The second kappa shape index (κ2) is 11.8. The van der Waals surface area contributed by atoms with E-state index < -0.39 is 0 Å². The SMILES string of the molecule is CCCNC(=O)N(CCO)CC1=COc2cccc(OCC3CCCCC3)c2C1I. The van der Waals surface area contributed by atoms with Crippen LogP contribution in [0.25, 0.3) is 0 Å². The van der Waals surface area contributed by atoms with E-state index >= 15 is 0 Å². The van der Waals surface area contributed by atoms with Gasteiger partial charge in [0.2, 0.25) is 0 Å². The van der Waals surface area contributed by atoms with Crippen molar-refractivity contribution in [1.82, 2.24) is 10.2 Å². The molecule has 166 valence electrons. The summed E-state index contributed by atoms with van der Waals surface area (Å²) in [5, 5.41) is 12.3. The lowest BCUT2D eigenvalue weighted by Crippen LogP contribution is -2.43. The van der Waals surface area contributed by atoms with Gasteiger partial charge in [0.05, 0.1) is 29.0 Å². The van der Waals surface area contributed by atoms with Crippen LogP contribution in [0.1, 0.15) is 54.9 Å². The molecule has 1 unspecified atom stereocenters. The van der Waals surface area contributed by atoms with Crippen LogP contribution in [0.4, 0.5) is 4.79 Å². The number of hydrogen-bond acceptors (Lipinski definition) is 4. The van der Waals surface area contributed by atoms with Crippen molar-refractivity contribution in [3.63, 3.8) is 0 Å². The predicted octanol–water partition coefficient (Wildman–Crippen LogP) is 4.81. The lowest BCUT2D eigenvalue weighted by atomic mass is 9.90. The fourth-order valence-electron chi connectivity index (χ4n) is 4.00. The smallest absolute Gasteiger partial charge is 0.317 e. The van der Waals surface area contributed by atoms with E-state index in [0.29, 0.717) is 19.0 Å². The third kappa shape index (κ3) is 6.03. The number of carbonyl (C=O) groups is 1. The number of fused-ring (bicyclic) bond motifs is 1. The van der Waals surface area contributed by atoms with E-state index in [1.54, 1.807) is 11.2 Å². The standard InChI is InChI=1S/C23H33IN2O4/c1-2-11-25-23(28)26(12-13-27)14-18-16-30-20-10-6-9-19(21(20)22(18)24)29-15-17-7-4-3-5-8-17/h6,9-10,16-17,22,27H,2-5,7-8,11-15H2,1H3,(H,25,28). The van der Waals surface area contributed by atoms with E-state index in [2.05, 4.69) is 27.9 Å². The summed E-state index contributed by atoms with van der Waals surface area (Å²) in [6, 6.07) is 5.77. The molecule has 7 heteroatoms. The second-order valence-electron chi connectivity index (χ2n) is 8.03. The highest BCUT2D eigenvalue weighted by Gasteiger charge is 2.29. The summed E-state index contributed by atoms with van der Waals surface area (Å²) < 4.78 is 12.2. The fourth-order valence-corrected chi connectivity index (χ4v) is 4.96. The summed E-state index contributed by atoms with van der Waals surface area (Å²) in [6.45, 7) is 3.98. The summed E-state index contributed by atoms with van der Waals surface area (Å²) in [5.74, 6) is 2.31. The van der Waals surface area contributed by atoms with E-state index in [1.807, 2.05) is 25.1 Å². The van der Waals surface area contributed by atoms with Gasteiger partial charge in [0.1, 0.15) is 11.5 Å². The maximum atomic E-state index is 12.5. The number of aliphatic hydroxyl groups excluding tert-OH is 1. The van der Waals surface area contributed by atoms with Crippen molar-refractivity contribution in [3.05, 3.63) is 35.6 Å². The fraction of sp³-hybridized carbons (Fsp3) is 0.609. The van der Waals surface area contributed by atoms with Crippen LogP contribution in [-0.2, 0) is 0 Å². The Hall–Kier alpha value is -1.48. The van der Waals surface area contributed by atoms with Gasteiger partial charge in [-0.1, -0.05) is 54.8 Å². The number of nitrogens with one attached hydrogen (secondary N) is 1. The number of ether oxygens (including phenoxy) is 2. The molecule has 2 aliphatic rings. The zero-order valence-electron chi connectivity index (χ0n) is 17.7. The number of amides is 2. The third-order valence-electron chi connectivity index (χ3n) is 5.70. The van der Waals surface area contributed by atoms with Gasteiger partial charge in [-0.3, -0.25) is 0 Å². The zero-order valence-corrected chi connectivity index (χ0v) is 19.9. The zero-order chi connectivity index (χ0) is 21.3. The molecule has 1 fully saturated rings. The monoisotopic (exact) mass is 528 g/mol. The molecule has 1 aliphatic heterocycles. The van der Waals surface area contributed by atoms with Crippen molar-refractivity contribution >= 4 is 28.6 Å². The van der Waals surface area contributed by atoms with Gasteiger partial charge in [0.25, 0.3) is 0 Å². The molecule has 1 heterocycles. The van der Waals surface area contributed by atoms with Crippen molar-refractivity contribution < 1.29 is 19.4 Å². The maximum absolute atomic E-state index is 12.5. The Labute approximate surface area is 193 Å². The minimum Gasteiger partial charge on any atom is -0.493 e. The molecule has 30 heavy (non-hydrogen) atoms. The molecule has 1 aliphatic carbocycles. The first-order valence-corrected chi connectivity index (χ1v) is 12.3. The van der Waals surface area contributed by atoms with Gasteiger partial charge in [-0.25, -0.2) is 4.79 Å². The number of alkyl halides is 1. The summed E-state index contributed by atoms with van der Waals surface area (Å²) in [6.07, 6.45) is 9.03. The molecule has 1 aromatic rings. The number of urea groups is 1. The Morgan fingerprint density at radius 2 is 2.13 bits per heavy atom. The first-order chi connectivity index (χ1) is 14.6. The van der Waals surface area contributed by atoms with E-state index in [1.165, 1.54) is 32.1 Å². The highest BCUT2D eigenvalue weighted by atomic mass is 127. The lowest BCUT2D eigenvalue weighted by molar-refractivity contribution is 0.181. The summed E-state index contributed by atoms with van der Waals surface area (Å²) >= 11 is 2.39. The molecule has 2 N–H and O–H groups in total. The van der Waals surface area contributed by atoms with Crippen molar-refractivity contribution in [2.24, 2.45) is 5.92 Å². The van der Waals surface area contributed by atoms with Gasteiger partial charge < -0.3 is 24.8 Å².